The zero-order valence-electron chi connectivity index (χ0n) is 41.9. The molecule has 73 heavy (non-hydrogen) atoms. The van der Waals surface area contributed by atoms with Gasteiger partial charge in [0, 0.05) is 33.6 Å². The second-order valence-electron chi connectivity index (χ2n) is 21.8. The van der Waals surface area contributed by atoms with Crippen LogP contribution < -0.4 is 9.80 Å². The Morgan fingerprint density at radius 1 is 0.384 bits per heavy atom. The van der Waals surface area contributed by atoms with E-state index in [0.29, 0.717) is 11.8 Å². The second-order valence-corrected chi connectivity index (χ2v) is 21.8. The minimum atomic E-state index is -0.194. The van der Waals surface area contributed by atoms with Crippen molar-refractivity contribution in [3.63, 3.8) is 0 Å². The number of anilines is 6. The molecule has 0 aromatic heterocycles. The molecule has 4 aliphatic carbocycles. The average Bonchev–Trinajstić information content (AvgIpc) is 4.03. The molecule has 1 spiro atoms. The maximum Gasteiger partial charge on any atom is 0.0505 e. The minimum absolute atomic E-state index is 0.116. The molecule has 0 heterocycles. The van der Waals surface area contributed by atoms with Gasteiger partial charge in [0.2, 0.25) is 0 Å². The molecule has 14 rings (SSSR count). The Morgan fingerprint density at radius 2 is 0.904 bits per heavy atom. The molecule has 1 fully saturated rings. The van der Waals surface area contributed by atoms with Crippen molar-refractivity contribution in [1.29, 1.82) is 0 Å². The van der Waals surface area contributed by atoms with Crippen molar-refractivity contribution in [1.82, 2.24) is 0 Å². The van der Waals surface area contributed by atoms with Gasteiger partial charge in [-0.25, -0.2) is 0 Å². The van der Waals surface area contributed by atoms with Crippen molar-refractivity contribution < 1.29 is 0 Å². The summed E-state index contributed by atoms with van der Waals surface area (Å²) in [5.41, 5.74) is 23.7. The number of para-hydroxylation sites is 2. The number of hydrogen-bond donors (Lipinski definition) is 0. The maximum atomic E-state index is 2.63. The fourth-order valence-corrected chi connectivity index (χ4v) is 14.6. The first-order chi connectivity index (χ1) is 36.0. The van der Waals surface area contributed by atoms with Crippen LogP contribution in [0.3, 0.4) is 0 Å². The van der Waals surface area contributed by atoms with E-state index in [1.54, 1.807) is 11.1 Å². The van der Waals surface area contributed by atoms with Crippen molar-refractivity contribution >= 4 is 44.9 Å². The maximum absolute atomic E-state index is 2.63. The number of hydrogen-bond acceptors (Lipinski definition) is 2. The average molecular weight is 941 g/mol. The molecule has 0 bridgehead atoms. The van der Waals surface area contributed by atoms with Crippen LogP contribution in [0, 0.1) is 11.8 Å². The monoisotopic (exact) mass is 940 g/mol. The number of fused-ring (bicyclic) bond motifs is 6. The highest BCUT2D eigenvalue weighted by atomic mass is 15.2. The van der Waals surface area contributed by atoms with Crippen LogP contribution in [0.1, 0.15) is 79.3 Å². The highest BCUT2D eigenvalue weighted by Gasteiger charge is 2.59. The van der Waals surface area contributed by atoms with E-state index in [2.05, 4.69) is 254 Å². The highest BCUT2D eigenvalue weighted by Crippen LogP contribution is 2.66. The van der Waals surface area contributed by atoms with E-state index in [0.717, 1.165) is 12.8 Å². The molecule has 0 radical (unpaired) electrons. The van der Waals surface area contributed by atoms with E-state index in [1.165, 1.54) is 133 Å². The molecule has 0 saturated heterocycles. The lowest BCUT2D eigenvalue weighted by Crippen LogP contribution is -2.40. The van der Waals surface area contributed by atoms with Gasteiger partial charge in [0.25, 0.3) is 0 Å². The van der Waals surface area contributed by atoms with Gasteiger partial charge in [-0.3, -0.25) is 0 Å². The summed E-state index contributed by atoms with van der Waals surface area (Å²) in [7, 11) is 0. The van der Waals surface area contributed by atoms with Crippen LogP contribution in [0.4, 0.5) is 34.1 Å². The van der Waals surface area contributed by atoms with Gasteiger partial charge in [0.1, 0.15) is 0 Å². The standard InChI is InChI=1S/C71H60N2/c1-70(2)63-34-18-17-33-61(63)62-44-42-58(47-64(62)70)73(56-30-13-6-14-31-56)66-36-20-25-52-46-54-27-10-4-9-26-53-45-51-24-19-35-65(68(51)71(53,54)69(52)66)72(55-28-11-5-12-29-55)57-40-37-49(38-41-57)60-43-39-48-21-15-16-32-59(48)67(60)50-22-7-3-8-23-50/h3,5-8,11-25,28-44,47,53-54H,4,9-10,26-27,45-46H2,1-2H3. The first-order valence-corrected chi connectivity index (χ1v) is 26.9. The van der Waals surface area contributed by atoms with Crippen LogP contribution >= 0.6 is 0 Å². The fourth-order valence-electron chi connectivity index (χ4n) is 14.6. The topological polar surface area (TPSA) is 6.48 Å². The minimum Gasteiger partial charge on any atom is -0.310 e. The molecule has 2 nitrogen and oxygen atoms in total. The third-order valence-electron chi connectivity index (χ3n) is 17.7. The van der Waals surface area contributed by atoms with Crippen LogP contribution in [-0.4, -0.2) is 0 Å². The van der Waals surface area contributed by atoms with Crippen molar-refractivity contribution in [3.05, 3.63) is 264 Å². The van der Waals surface area contributed by atoms with Crippen LogP contribution in [0.15, 0.2) is 231 Å². The molecule has 354 valence electrons. The summed E-state index contributed by atoms with van der Waals surface area (Å²) in [4.78, 5) is 5.24. The molecular formula is C71H60N2. The van der Waals surface area contributed by atoms with Gasteiger partial charge < -0.3 is 9.80 Å². The smallest absolute Gasteiger partial charge is 0.0505 e. The van der Waals surface area contributed by atoms with Crippen molar-refractivity contribution in [2.24, 2.45) is 11.8 Å². The molecule has 4 aliphatic rings. The lowest BCUT2D eigenvalue weighted by molar-refractivity contribution is 0.205. The Labute approximate surface area is 431 Å². The van der Waals surface area contributed by atoms with Gasteiger partial charge in [-0.1, -0.05) is 203 Å². The van der Waals surface area contributed by atoms with Gasteiger partial charge in [0.15, 0.2) is 0 Å². The lowest BCUT2D eigenvalue weighted by atomic mass is 9.60. The van der Waals surface area contributed by atoms with Gasteiger partial charge in [-0.2, -0.15) is 0 Å². The zero-order valence-corrected chi connectivity index (χ0v) is 41.9. The van der Waals surface area contributed by atoms with Crippen molar-refractivity contribution in [3.8, 4) is 33.4 Å². The Hall–Kier alpha value is -7.94. The molecule has 10 aromatic carbocycles. The van der Waals surface area contributed by atoms with Gasteiger partial charge >= 0.3 is 0 Å². The Kier molecular flexibility index (Phi) is 10.4. The second kappa shape index (κ2) is 17.4. The summed E-state index contributed by atoms with van der Waals surface area (Å²) < 4.78 is 0. The summed E-state index contributed by atoms with van der Waals surface area (Å²) in [6, 6.07) is 87.2. The Morgan fingerprint density at radius 3 is 1.56 bits per heavy atom. The van der Waals surface area contributed by atoms with Crippen LogP contribution in [-0.2, 0) is 23.7 Å². The summed E-state index contributed by atoms with van der Waals surface area (Å²) >= 11 is 0. The molecule has 3 atom stereocenters. The van der Waals surface area contributed by atoms with Gasteiger partial charge in [-0.15, -0.1) is 0 Å². The summed E-state index contributed by atoms with van der Waals surface area (Å²) in [5.74, 6) is 0.957. The van der Waals surface area contributed by atoms with Gasteiger partial charge in [0.05, 0.1) is 11.4 Å². The first kappa shape index (κ1) is 43.8. The summed E-state index contributed by atoms with van der Waals surface area (Å²) in [6.07, 6.45) is 8.49. The lowest BCUT2D eigenvalue weighted by Gasteiger charge is -2.45. The molecule has 10 aromatic rings. The zero-order chi connectivity index (χ0) is 48.7. The molecule has 0 N–H and O–H groups in total. The molecule has 2 heteroatoms. The summed E-state index contributed by atoms with van der Waals surface area (Å²) in [5, 5.41) is 2.53. The van der Waals surface area contributed by atoms with E-state index in [4.69, 9.17) is 0 Å². The molecular weight excluding hydrogens is 881 g/mol. The van der Waals surface area contributed by atoms with Crippen LogP contribution in [0.2, 0.25) is 0 Å². The van der Waals surface area contributed by atoms with E-state index < -0.39 is 0 Å². The molecule has 3 unspecified atom stereocenters. The largest absolute Gasteiger partial charge is 0.310 e. The third kappa shape index (κ3) is 6.83. The number of rotatable bonds is 8. The normalized spacial score (nSPS) is 18.9. The van der Waals surface area contributed by atoms with Crippen molar-refractivity contribution in [2.75, 3.05) is 9.80 Å². The molecule has 1 saturated carbocycles. The van der Waals surface area contributed by atoms with E-state index in [1.807, 2.05) is 0 Å². The van der Waals surface area contributed by atoms with Crippen LogP contribution in [0.25, 0.3) is 44.2 Å². The van der Waals surface area contributed by atoms with E-state index in [9.17, 15) is 0 Å². The number of benzene rings is 10. The van der Waals surface area contributed by atoms with E-state index in [-0.39, 0.29) is 10.8 Å². The predicted molar refractivity (Wildman–Crippen MR) is 306 cm³/mol. The fraction of sp³-hybridized carbons (Fsp3) is 0.183. The quantitative estimate of drug-likeness (QED) is 0.150. The predicted octanol–water partition coefficient (Wildman–Crippen LogP) is 19.0. The van der Waals surface area contributed by atoms with Crippen LogP contribution in [0.5, 0.6) is 0 Å². The Bertz CT molecular complexity index is 3700. The Balaban J connectivity index is 0.968. The molecule has 0 aliphatic heterocycles. The van der Waals surface area contributed by atoms with Crippen molar-refractivity contribution in [2.45, 2.75) is 69.6 Å². The highest BCUT2D eigenvalue weighted by molar-refractivity contribution is 6.04. The van der Waals surface area contributed by atoms with Gasteiger partial charge in [-0.05, 0) is 176 Å². The molecule has 0 amide bonds. The third-order valence-corrected chi connectivity index (χ3v) is 17.7. The van der Waals surface area contributed by atoms with E-state index >= 15 is 0 Å². The number of nitrogens with zero attached hydrogens (tertiary/aromatic N) is 2. The SMILES string of the molecule is CC1(C)c2ccccc2-c2ccc(N(c3ccccc3)c3cccc4c3C35c6c(cccc6N(c6ccccc6)c6ccc(-c7ccc8ccccc8c7-c7ccccc7)cc6)CC3CCCCCC5C4)cc21. The first-order valence-electron chi connectivity index (χ1n) is 26.9. The summed E-state index contributed by atoms with van der Waals surface area (Å²) in [6.45, 7) is 4.82.